The molecule has 5 nitrogen and oxygen atoms in total. The second kappa shape index (κ2) is 7.29. The molecule has 1 rings (SSSR count). The number of ketones is 1. The molecule has 1 unspecified atom stereocenters. The van der Waals surface area contributed by atoms with Gasteiger partial charge in [0.15, 0.2) is 5.78 Å². The number of benzene rings is 1. The fourth-order valence-corrected chi connectivity index (χ4v) is 1.75. The van der Waals surface area contributed by atoms with E-state index in [0.717, 1.165) is 0 Å². The van der Waals surface area contributed by atoms with Crippen LogP contribution in [0.2, 0.25) is 0 Å². The lowest BCUT2D eigenvalue weighted by atomic mass is 10.1. The van der Waals surface area contributed by atoms with Gasteiger partial charge in [0.25, 0.3) is 0 Å². The number of nitrogens with zero attached hydrogens (tertiary/aromatic N) is 2. The van der Waals surface area contributed by atoms with Crippen molar-refractivity contribution >= 4 is 17.5 Å². The molecule has 0 radical (unpaired) electrons. The highest BCUT2D eigenvalue weighted by Gasteiger charge is 2.15. The van der Waals surface area contributed by atoms with E-state index in [1.54, 1.807) is 36.1 Å². The lowest BCUT2D eigenvalue weighted by molar-refractivity contribution is 0.101. The van der Waals surface area contributed by atoms with E-state index in [1.165, 1.54) is 6.92 Å². The van der Waals surface area contributed by atoms with E-state index in [2.05, 4.69) is 11.4 Å². The Labute approximate surface area is 119 Å². The molecule has 0 spiro atoms. The predicted molar refractivity (Wildman–Crippen MR) is 77.5 cm³/mol. The molecule has 0 aliphatic carbocycles. The quantitative estimate of drug-likeness (QED) is 0.838. The molecule has 5 heteroatoms. The number of amides is 2. The number of hydrogen-bond donors (Lipinski definition) is 1. The fraction of sp³-hybridized carbons (Fsp3) is 0.400. The number of carbonyl (C=O) groups excluding carboxylic acids is 2. The zero-order chi connectivity index (χ0) is 15.1. The fourth-order valence-electron chi connectivity index (χ4n) is 1.75. The maximum Gasteiger partial charge on any atom is 0.321 e. The first-order valence-corrected chi connectivity index (χ1v) is 6.54. The van der Waals surface area contributed by atoms with Crippen LogP contribution in [-0.4, -0.2) is 29.8 Å². The minimum Gasteiger partial charge on any atom is -0.324 e. The average Bonchev–Trinajstić information content (AvgIpc) is 2.44. The van der Waals surface area contributed by atoms with Crippen molar-refractivity contribution in [2.45, 2.75) is 20.8 Å². The highest BCUT2D eigenvalue weighted by atomic mass is 16.2. The summed E-state index contributed by atoms with van der Waals surface area (Å²) in [6.45, 7) is 6.01. The highest BCUT2D eigenvalue weighted by Crippen LogP contribution is 2.12. The van der Waals surface area contributed by atoms with Gasteiger partial charge in [-0.3, -0.25) is 4.79 Å². The van der Waals surface area contributed by atoms with Crippen LogP contribution in [0.15, 0.2) is 24.3 Å². The summed E-state index contributed by atoms with van der Waals surface area (Å²) in [6, 6.07) is 8.63. The summed E-state index contributed by atoms with van der Waals surface area (Å²) in [7, 11) is 0. The summed E-state index contributed by atoms with van der Waals surface area (Å²) < 4.78 is 0. The Bertz CT molecular complexity index is 534. The van der Waals surface area contributed by atoms with Crippen LogP contribution in [0.5, 0.6) is 0 Å². The second-order valence-corrected chi connectivity index (χ2v) is 4.64. The first-order chi connectivity index (χ1) is 9.47. The zero-order valence-electron chi connectivity index (χ0n) is 12.0. The largest absolute Gasteiger partial charge is 0.324 e. The molecular formula is C15H19N3O2. The Morgan fingerprint density at radius 3 is 2.70 bits per heavy atom. The van der Waals surface area contributed by atoms with E-state index in [0.29, 0.717) is 24.3 Å². The number of anilines is 1. The normalized spacial score (nSPS) is 11.3. The van der Waals surface area contributed by atoms with E-state index < -0.39 is 0 Å². The molecule has 1 aromatic carbocycles. The molecule has 1 aromatic rings. The first kappa shape index (κ1) is 15.7. The van der Waals surface area contributed by atoms with Gasteiger partial charge in [-0.25, -0.2) is 4.79 Å². The molecule has 1 N–H and O–H groups in total. The van der Waals surface area contributed by atoms with Crippen LogP contribution in [0.1, 0.15) is 31.1 Å². The van der Waals surface area contributed by atoms with Crippen LogP contribution < -0.4 is 5.32 Å². The number of Topliss-reactive ketones (excluding diaryl/α,β-unsaturated/α-hetero) is 1. The number of carbonyl (C=O) groups is 2. The number of rotatable bonds is 5. The topological polar surface area (TPSA) is 73.2 Å². The summed E-state index contributed by atoms with van der Waals surface area (Å²) in [5.41, 5.74) is 1.13. The molecule has 0 saturated heterocycles. The molecular weight excluding hydrogens is 254 g/mol. The summed E-state index contributed by atoms with van der Waals surface area (Å²) in [6.07, 6.45) is 0. The van der Waals surface area contributed by atoms with Gasteiger partial charge in [-0.05, 0) is 32.9 Å². The lowest BCUT2D eigenvalue weighted by Gasteiger charge is -2.22. The van der Waals surface area contributed by atoms with E-state index in [-0.39, 0.29) is 17.7 Å². The molecule has 0 fully saturated rings. The van der Waals surface area contributed by atoms with Crippen molar-refractivity contribution in [2.75, 3.05) is 18.4 Å². The summed E-state index contributed by atoms with van der Waals surface area (Å²) >= 11 is 0. The van der Waals surface area contributed by atoms with Crippen molar-refractivity contribution in [3.8, 4) is 6.07 Å². The van der Waals surface area contributed by atoms with E-state index in [4.69, 9.17) is 5.26 Å². The van der Waals surface area contributed by atoms with Crippen molar-refractivity contribution in [3.05, 3.63) is 29.8 Å². The monoisotopic (exact) mass is 273 g/mol. The summed E-state index contributed by atoms with van der Waals surface area (Å²) in [4.78, 5) is 25.0. The third kappa shape index (κ3) is 4.39. The van der Waals surface area contributed by atoms with Crippen LogP contribution in [0.25, 0.3) is 0 Å². The number of urea groups is 1. The molecule has 0 saturated carbocycles. The van der Waals surface area contributed by atoms with E-state index in [1.807, 2.05) is 6.92 Å². The van der Waals surface area contributed by atoms with E-state index >= 15 is 0 Å². The molecule has 0 aromatic heterocycles. The Hall–Kier alpha value is -2.35. The number of nitrogens with one attached hydrogen (secondary N) is 1. The number of nitriles is 1. The maximum absolute atomic E-state index is 12.1. The van der Waals surface area contributed by atoms with Crippen LogP contribution >= 0.6 is 0 Å². The van der Waals surface area contributed by atoms with Gasteiger partial charge in [0.2, 0.25) is 0 Å². The van der Waals surface area contributed by atoms with Gasteiger partial charge in [-0.2, -0.15) is 5.26 Å². The lowest BCUT2D eigenvalue weighted by Crippen LogP contribution is -2.37. The molecule has 2 amide bonds. The molecule has 0 aliphatic rings. The van der Waals surface area contributed by atoms with E-state index in [9.17, 15) is 9.59 Å². The van der Waals surface area contributed by atoms with Crippen LogP contribution in [0, 0.1) is 17.2 Å². The number of hydrogen-bond acceptors (Lipinski definition) is 3. The Kier molecular flexibility index (Phi) is 5.73. The van der Waals surface area contributed by atoms with Crippen molar-refractivity contribution in [2.24, 2.45) is 5.92 Å². The third-order valence-electron chi connectivity index (χ3n) is 2.90. The minimum absolute atomic E-state index is 0.0495. The SMILES string of the molecule is CCN(CC(C)C#N)C(=O)Nc1cccc(C(C)=O)c1. The minimum atomic E-state index is -0.268. The average molecular weight is 273 g/mol. The molecule has 1 atom stereocenters. The summed E-state index contributed by atoms with van der Waals surface area (Å²) in [5, 5.41) is 11.5. The van der Waals surface area contributed by atoms with Crippen molar-refractivity contribution in [1.29, 1.82) is 5.26 Å². The third-order valence-corrected chi connectivity index (χ3v) is 2.90. The van der Waals surface area contributed by atoms with Gasteiger partial charge in [0.05, 0.1) is 12.0 Å². The standard InChI is InChI=1S/C15H19N3O2/c1-4-18(10-11(2)9-16)15(20)17-14-7-5-6-13(8-14)12(3)19/h5-8,11H,4,10H2,1-3H3,(H,17,20). The maximum atomic E-state index is 12.1. The van der Waals surface area contributed by atoms with Crippen molar-refractivity contribution < 1.29 is 9.59 Å². The predicted octanol–water partition coefficient (Wildman–Crippen LogP) is 2.90. The molecule has 0 heterocycles. The highest BCUT2D eigenvalue weighted by molar-refractivity contribution is 5.96. The van der Waals surface area contributed by atoms with Crippen LogP contribution in [-0.2, 0) is 0 Å². The van der Waals surface area contributed by atoms with Gasteiger partial charge >= 0.3 is 6.03 Å². The molecule has 20 heavy (non-hydrogen) atoms. The van der Waals surface area contributed by atoms with Gasteiger partial charge in [0.1, 0.15) is 0 Å². The first-order valence-electron chi connectivity index (χ1n) is 6.54. The van der Waals surface area contributed by atoms with Crippen LogP contribution in [0.3, 0.4) is 0 Å². The van der Waals surface area contributed by atoms with Gasteiger partial charge in [-0.1, -0.05) is 12.1 Å². The Balaban J connectivity index is 2.76. The van der Waals surface area contributed by atoms with Crippen molar-refractivity contribution in [1.82, 2.24) is 4.90 Å². The smallest absolute Gasteiger partial charge is 0.321 e. The Morgan fingerprint density at radius 1 is 1.45 bits per heavy atom. The molecule has 106 valence electrons. The molecule has 0 aliphatic heterocycles. The Morgan fingerprint density at radius 2 is 2.15 bits per heavy atom. The zero-order valence-corrected chi connectivity index (χ0v) is 12.0. The summed E-state index contributed by atoms with van der Waals surface area (Å²) in [5.74, 6) is -0.268. The second-order valence-electron chi connectivity index (χ2n) is 4.64. The van der Waals surface area contributed by atoms with Gasteiger partial charge in [-0.15, -0.1) is 0 Å². The molecule has 0 bridgehead atoms. The van der Waals surface area contributed by atoms with Gasteiger partial charge in [0, 0.05) is 24.3 Å². The van der Waals surface area contributed by atoms with Crippen LogP contribution in [0.4, 0.5) is 10.5 Å². The van der Waals surface area contributed by atoms with Crippen molar-refractivity contribution in [3.63, 3.8) is 0 Å². The van der Waals surface area contributed by atoms with Gasteiger partial charge < -0.3 is 10.2 Å².